The molecular weight excluding hydrogens is 208 g/mol. The van der Waals surface area contributed by atoms with Gasteiger partial charge in [0.15, 0.2) is 0 Å². The molecule has 1 aliphatic rings. The molecule has 1 nitrogen and oxygen atoms in total. The molecule has 0 spiro atoms. The van der Waals surface area contributed by atoms with E-state index in [0.29, 0.717) is 6.10 Å². The van der Waals surface area contributed by atoms with Crippen molar-refractivity contribution in [2.24, 2.45) is 0 Å². The summed E-state index contributed by atoms with van der Waals surface area (Å²) in [5.74, 6) is 0. The molecule has 0 aromatic heterocycles. The quantitative estimate of drug-likeness (QED) is 0.349. The van der Waals surface area contributed by atoms with Gasteiger partial charge in [-0.15, -0.1) is 0 Å². The summed E-state index contributed by atoms with van der Waals surface area (Å²) in [7, 11) is 0. The Bertz CT molecular complexity index is 299. The van der Waals surface area contributed by atoms with E-state index in [-0.39, 0.29) is 0 Å². The van der Waals surface area contributed by atoms with E-state index >= 15 is 0 Å². The lowest BCUT2D eigenvalue weighted by molar-refractivity contribution is 0.0504. The fraction of sp³-hybridized carbons (Fsp3) is 0.625. The Balaban J connectivity index is 2.08. The molecule has 0 fully saturated rings. The average Bonchev–Trinajstić information content (AvgIpc) is 2.33. The first kappa shape index (κ1) is 14.2. The van der Waals surface area contributed by atoms with Crippen LogP contribution < -0.4 is 0 Å². The maximum atomic E-state index is 5.82. The van der Waals surface area contributed by atoms with Gasteiger partial charge < -0.3 is 4.74 Å². The van der Waals surface area contributed by atoms with Crippen molar-refractivity contribution < 1.29 is 4.74 Å². The highest BCUT2D eigenvalue weighted by Crippen LogP contribution is 2.23. The first-order valence-electron chi connectivity index (χ1n) is 6.70. The van der Waals surface area contributed by atoms with Crippen LogP contribution in [0.2, 0.25) is 0 Å². The van der Waals surface area contributed by atoms with Gasteiger partial charge in [-0.2, -0.15) is 0 Å². The maximum Gasteiger partial charge on any atom is 0.0680 e. The molecule has 1 unspecified atom stereocenters. The van der Waals surface area contributed by atoms with Crippen LogP contribution in [0.1, 0.15) is 52.4 Å². The first-order valence-corrected chi connectivity index (χ1v) is 6.70. The van der Waals surface area contributed by atoms with Gasteiger partial charge in [0.2, 0.25) is 0 Å². The summed E-state index contributed by atoms with van der Waals surface area (Å²) >= 11 is 0. The summed E-state index contributed by atoms with van der Waals surface area (Å²) in [6, 6.07) is 0. The Labute approximate surface area is 106 Å². The average molecular weight is 234 g/mol. The molecule has 1 atom stereocenters. The fourth-order valence-corrected chi connectivity index (χ4v) is 2.13. The summed E-state index contributed by atoms with van der Waals surface area (Å²) in [5.41, 5.74) is 4.11. The first-order chi connectivity index (χ1) is 8.13. The van der Waals surface area contributed by atoms with Crippen molar-refractivity contribution in [2.45, 2.75) is 58.5 Å². The molecule has 0 radical (unpaired) electrons. The lowest BCUT2D eigenvalue weighted by atomic mass is 9.97. The van der Waals surface area contributed by atoms with Gasteiger partial charge in [-0.05, 0) is 45.1 Å². The van der Waals surface area contributed by atoms with Gasteiger partial charge in [-0.3, -0.25) is 0 Å². The Morgan fingerprint density at radius 3 is 2.71 bits per heavy atom. The molecule has 0 saturated heterocycles. The zero-order valence-corrected chi connectivity index (χ0v) is 11.4. The lowest BCUT2D eigenvalue weighted by Gasteiger charge is -2.25. The van der Waals surface area contributed by atoms with Crippen LogP contribution in [0.5, 0.6) is 0 Å². The van der Waals surface area contributed by atoms with Gasteiger partial charge in [0.1, 0.15) is 0 Å². The van der Waals surface area contributed by atoms with E-state index in [9.17, 15) is 0 Å². The zero-order valence-electron chi connectivity index (χ0n) is 11.4. The van der Waals surface area contributed by atoms with Crippen LogP contribution >= 0.6 is 0 Å². The largest absolute Gasteiger partial charge is 0.374 e. The minimum absolute atomic E-state index is 0.460. The third-order valence-electron chi connectivity index (χ3n) is 3.61. The lowest BCUT2D eigenvalue weighted by Crippen LogP contribution is -2.20. The number of ether oxygens (including phenoxy) is 1. The van der Waals surface area contributed by atoms with Gasteiger partial charge in [0, 0.05) is 0 Å². The topological polar surface area (TPSA) is 9.23 Å². The Kier molecular flexibility index (Phi) is 6.28. The number of unbranched alkanes of at least 4 members (excludes halogenated alkanes) is 2. The number of allylic oxidation sites excluding steroid dienone is 2. The second kappa shape index (κ2) is 7.50. The highest BCUT2D eigenvalue weighted by atomic mass is 16.5. The molecule has 0 aromatic rings. The predicted molar refractivity (Wildman–Crippen MR) is 75.2 cm³/mol. The fourth-order valence-electron chi connectivity index (χ4n) is 2.13. The van der Waals surface area contributed by atoms with Crippen molar-refractivity contribution in [2.75, 3.05) is 6.61 Å². The summed E-state index contributed by atoms with van der Waals surface area (Å²) in [6.07, 6.45) is 9.51. The molecule has 1 heterocycles. The van der Waals surface area contributed by atoms with Crippen LogP contribution in [0.15, 0.2) is 36.0 Å². The molecule has 0 aromatic carbocycles. The van der Waals surface area contributed by atoms with E-state index in [0.717, 1.165) is 25.0 Å². The van der Waals surface area contributed by atoms with Crippen LogP contribution in [-0.4, -0.2) is 12.7 Å². The minimum Gasteiger partial charge on any atom is -0.374 e. The van der Waals surface area contributed by atoms with E-state index in [1.54, 1.807) is 0 Å². The molecule has 0 saturated carbocycles. The SMILES string of the molecule is C=CC(=C)CCCCCC1CC(C)=C(C)CO1. The number of hydrogen-bond acceptors (Lipinski definition) is 1. The van der Waals surface area contributed by atoms with Gasteiger partial charge in [-0.1, -0.05) is 43.2 Å². The summed E-state index contributed by atoms with van der Waals surface area (Å²) < 4.78 is 5.82. The molecule has 1 aliphatic heterocycles. The van der Waals surface area contributed by atoms with Crippen LogP contribution in [0.4, 0.5) is 0 Å². The number of rotatable bonds is 7. The Morgan fingerprint density at radius 1 is 1.29 bits per heavy atom. The Morgan fingerprint density at radius 2 is 2.06 bits per heavy atom. The molecule has 17 heavy (non-hydrogen) atoms. The van der Waals surface area contributed by atoms with Crippen molar-refractivity contribution in [1.29, 1.82) is 0 Å². The summed E-state index contributed by atoms with van der Waals surface area (Å²) in [6.45, 7) is 12.9. The highest BCUT2D eigenvalue weighted by molar-refractivity contribution is 5.13. The van der Waals surface area contributed by atoms with E-state index in [2.05, 4.69) is 27.0 Å². The van der Waals surface area contributed by atoms with Crippen molar-refractivity contribution in [1.82, 2.24) is 0 Å². The van der Waals surface area contributed by atoms with E-state index in [4.69, 9.17) is 4.74 Å². The van der Waals surface area contributed by atoms with Gasteiger partial charge in [0.05, 0.1) is 12.7 Å². The Hall–Kier alpha value is -0.820. The standard InChI is InChI=1S/C16H26O/c1-5-13(2)9-7-6-8-10-16-11-14(3)15(4)12-17-16/h5,16H,1-2,6-12H2,3-4H3. The highest BCUT2D eigenvalue weighted by Gasteiger charge is 2.16. The molecule has 1 heteroatoms. The molecule has 1 rings (SSSR count). The van der Waals surface area contributed by atoms with Crippen molar-refractivity contribution in [3.63, 3.8) is 0 Å². The smallest absolute Gasteiger partial charge is 0.0680 e. The molecule has 0 amide bonds. The van der Waals surface area contributed by atoms with Gasteiger partial charge in [-0.25, -0.2) is 0 Å². The molecular formula is C16H26O. The van der Waals surface area contributed by atoms with Gasteiger partial charge in [0.25, 0.3) is 0 Å². The predicted octanol–water partition coefficient (Wildman–Crippen LogP) is 4.80. The summed E-state index contributed by atoms with van der Waals surface area (Å²) in [4.78, 5) is 0. The van der Waals surface area contributed by atoms with E-state index < -0.39 is 0 Å². The second-order valence-corrected chi connectivity index (χ2v) is 5.16. The summed E-state index contributed by atoms with van der Waals surface area (Å²) in [5, 5.41) is 0. The monoisotopic (exact) mass is 234 g/mol. The van der Waals surface area contributed by atoms with Crippen LogP contribution in [-0.2, 0) is 4.74 Å². The minimum atomic E-state index is 0.460. The van der Waals surface area contributed by atoms with Crippen molar-refractivity contribution in [3.8, 4) is 0 Å². The number of hydrogen-bond donors (Lipinski definition) is 0. The maximum absolute atomic E-state index is 5.82. The second-order valence-electron chi connectivity index (χ2n) is 5.16. The zero-order chi connectivity index (χ0) is 12.7. The molecule has 0 N–H and O–H groups in total. The third kappa shape index (κ3) is 5.36. The van der Waals surface area contributed by atoms with Crippen molar-refractivity contribution >= 4 is 0 Å². The van der Waals surface area contributed by atoms with Crippen LogP contribution in [0.3, 0.4) is 0 Å². The van der Waals surface area contributed by atoms with Crippen LogP contribution in [0, 0.1) is 0 Å². The molecule has 0 aliphatic carbocycles. The van der Waals surface area contributed by atoms with E-state index in [1.165, 1.54) is 36.8 Å². The van der Waals surface area contributed by atoms with Gasteiger partial charge >= 0.3 is 0 Å². The molecule has 0 bridgehead atoms. The van der Waals surface area contributed by atoms with Crippen LogP contribution in [0.25, 0.3) is 0 Å². The normalized spacial score (nSPS) is 20.5. The van der Waals surface area contributed by atoms with E-state index in [1.807, 2.05) is 6.08 Å². The third-order valence-corrected chi connectivity index (χ3v) is 3.61. The molecule has 96 valence electrons. The van der Waals surface area contributed by atoms with Crippen molar-refractivity contribution in [3.05, 3.63) is 36.0 Å².